The van der Waals surface area contributed by atoms with Crippen LogP contribution in [0.1, 0.15) is 15.9 Å². The first kappa shape index (κ1) is 21.9. The van der Waals surface area contributed by atoms with Gasteiger partial charge in [-0.3, -0.25) is 9.36 Å². The molecule has 5 nitrogen and oxygen atoms in total. The van der Waals surface area contributed by atoms with E-state index in [1.807, 2.05) is 83.4 Å². The maximum atomic E-state index is 13.0. The van der Waals surface area contributed by atoms with Crippen molar-refractivity contribution in [1.29, 1.82) is 0 Å². The van der Waals surface area contributed by atoms with Gasteiger partial charge in [-0.25, -0.2) is 0 Å². The van der Waals surface area contributed by atoms with Gasteiger partial charge in [0.15, 0.2) is 16.8 Å². The minimum Gasteiger partial charge on any atom is -0.497 e. The zero-order valence-electron chi connectivity index (χ0n) is 18.9. The molecule has 1 aromatic heterocycles. The number of carbonyl (C=O) groups excluding carboxylic acids is 1. The number of ether oxygens (including phenoxy) is 1. The minimum atomic E-state index is 0.0527. The van der Waals surface area contributed by atoms with Crippen molar-refractivity contribution in [2.75, 3.05) is 12.9 Å². The highest BCUT2D eigenvalue weighted by Gasteiger charge is 2.18. The standard InChI is InChI=1S/C28H23N3O2S/c1-19-7-9-21(10-8-19)27-29-30-28(31(27)24-13-15-25(33-2)16-14-24)34-18-26(32)23-12-11-20-5-3-4-6-22(20)17-23/h3-17H,18H2,1-2H3. The third kappa shape index (κ3) is 4.45. The van der Waals surface area contributed by atoms with E-state index in [0.29, 0.717) is 10.7 Å². The van der Waals surface area contributed by atoms with E-state index in [4.69, 9.17) is 4.74 Å². The van der Waals surface area contributed by atoms with Gasteiger partial charge in [0, 0.05) is 16.8 Å². The molecule has 0 aliphatic carbocycles. The van der Waals surface area contributed by atoms with Crippen LogP contribution in [-0.2, 0) is 0 Å². The predicted octanol–water partition coefficient (Wildman–Crippen LogP) is 6.38. The zero-order valence-corrected chi connectivity index (χ0v) is 19.8. The molecule has 0 N–H and O–H groups in total. The molecule has 34 heavy (non-hydrogen) atoms. The van der Waals surface area contributed by atoms with Crippen molar-refractivity contribution in [2.45, 2.75) is 12.1 Å². The van der Waals surface area contributed by atoms with Crippen molar-refractivity contribution in [2.24, 2.45) is 0 Å². The van der Waals surface area contributed by atoms with Crippen LogP contribution >= 0.6 is 11.8 Å². The van der Waals surface area contributed by atoms with Crippen molar-refractivity contribution < 1.29 is 9.53 Å². The summed E-state index contributed by atoms with van der Waals surface area (Å²) in [6.45, 7) is 2.05. The number of carbonyl (C=O) groups is 1. The van der Waals surface area contributed by atoms with Crippen LogP contribution in [0.2, 0.25) is 0 Å². The third-order valence-electron chi connectivity index (χ3n) is 5.68. The number of aromatic nitrogens is 3. The molecule has 4 aromatic carbocycles. The maximum Gasteiger partial charge on any atom is 0.196 e. The third-order valence-corrected chi connectivity index (χ3v) is 6.61. The van der Waals surface area contributed by atoms with E-state index in [2.05, 4.69) is 29.3 Å². The molecular formula is C28H23N3O2S. The second-order valence-electron chi connectivity index (χ2n) is 7.98. The Morgan fingerprint density at radius 1 is 0.882 bits per heavy atom. The summed E-state index contributed by atoms with van der Waals surface area (Å²) in [5.41, 5.74) is 3.74. The summed E-state index contributed by atoms with van der Waals surface area (Å²) < 4.78 is 7.30. The van der Waals surface area contributed by atoms with Crippen molar-refractivity contribution in [3.8, 4) is 22.8 Å². The first-order valence-electron chi connectivity index (χ1n) is 10.9. The molecule has 5 aromatic rings. The molecule has 1 heterocycles. The van der Waals surface area contributed by atoms with Gasteiger partial charge in [0.05, 0.1) is 12.9 Å². The van der Waals surface area contributed by atoms with Gasteiger partial charge >= 0.3 is 0 Å². The van der Waals surface area contributed by atoms with Gasteiger partial charge in [-0.1, -0.05) is 78.0 Å². The summed E-state index contributed by atoms with van der Waals surface area (Å²) in [7, 11) is 1.64. The van der Waals surface area contributed by atoms with Crippen LogP contribution in [0.5, 0.6) is 5.75 Å². The summed E-state index contributed by atoms with van der Waals surface area (Å²) in [5.74, 6) is 1.82. The van der Waals surface area contributed by atoms with E-state index in [-0.39, 0.29) is 11.5 Å². The van der Waals surface area contributed by atoms with Crippen LogP contribution in [0.4, 0.5) is 0 Å². The molecule has 0 spiro atoms. The number of rotatable bonds is 7. The Balaban J connectivity index is 1.46. The number of methoxy groups -OCH3 is 1. The van der Waals surface area contributed by atoms with Gasteiger partial charge in [0.25, 0.3) is 0 Å². The number of nitrogens with zero attached hydrogens (tertiary/aromatic N) is 3. The Labute approximate surface area is 202 Å². The number of Topliss-reactive ketones (excluding diaryl/α,β-unsaturated/α-hetero) is 1. The highest BCUT2D eigenvalue weighted by atomic mass is 32.2. The Bertz CT molecular complexity index is 1460. The normalized spacial score (nSPS) is 11.0. The lowest BCUT2D eigenvalue weighted by molar-refractivity contribution is 0.102. The van der Waals surface area contributed by atoms with E-state index in [0.717, 1.165) is 33.6 Å². The Hall–Kier alpha value is -3.90. The molecule has 0 fully saturated rings. The van der Waals surface area contributed by atoms with Crippen LogP contribution in [0.25, 0.3) is 27.8 Å². The van der Waals surface area contributed by atoms with E-state index in [1.165, 1.54) is 17.3 Å². The molecular weight excluding hydrogens is 442 g/mol. The molecule has 0 aliphatic heterocycles. The lowest BCUT2D eigenvalue weighted by Gasteiger charge is -2.11. The van der Waals surface area contributed by atoms with Gasteiger partial charge in [-0.15, -0.1) is 10.2 Å². The summed E-state index contributed by atoms with van der Waals surface area (Å²) in [6.07, 6.45) is 0. The van der Waals surface area contributed by atoms with E-state index in [9.17, 15) is 4.79 Å². The van der Waals surface area contributed by atoms with Crippen LogP contribution in [0.3, 0.4) is 0 Å². The highest BCUT2D eigenvalue weighted by molar-refractivity contribution is 7.99. The van der Waals surface area contributed by atoms with E-state index < -0.39 is 0 Å². The van der Waals surface area contributed by atoms with Gasteiger partial charge in [0.1, 0.15) is 5.75 Å². The van der Waals surface area contributed by atoms with Crippen molar-refractivity contribution in [3.05, 3.63) is 102 Å². The topological polar surface area (TPSA) is 57.0 Å². The first-order chi connectivity index (χ1) is 16.6. The largest absolute Gasteiger partial charge is 0.497 e. The zero-order chi connectivity index (χ0) is 23.5. The second-order valence-corrected chi connectivity index (χ2v) is 8.92. The van der Waals surface area contributed by atoms with Crippen molar-refractivity contribution in [1.82, 2.24) is 14.8 Å². The summed E-state index contributed by atoms with van der Waals surface area (Å²) in [6, 6.07) is 29.8. The predicted molar refractivity (Wildman–Crippen MR) is 137 cm³/mol. The van der Waals surface area contributed by atoms with E-state index >= 15 is 0 Å². The SMILES string of the molecule is COc1ccc(-n2c(SCC(=O)c3ccc4ccccc4c3)nnc2-c2ccc(C)cc2)cc1. The first-order valence-corrected chi connectivity index (χ1v) is 11.9. The molecule has 0 radical (unpaired) electrons. The van der Waals surface area contributed by atoms with Crippen molar-refractivity contribution >= 4 is 28.3 Å². The summed E-state index contributed by atoms with van der Waals surface area (Å²) in [4.78, 5) is 13.0. The molecule has 6 heteroatoms. The van der Waals surface area contributed by atoms with Gasteiger partial charge in [0.2, 0.25) is 0 Å². The Morgan fingerprint density at radius 3 is 2.35 bits per heavy atom. The van der Waals surface area contributed by atoms with Crippen LogP contribution < -0.4 is 4.74 Å². The monoisotopic (exact) mass is 465 g/mol. The molecule has 0 saturated carbocycles. The lowest BCUT2D eigenvalue weighted by atomic mass is 10.1. The molecule has 0 aliphatic rings. The molecule has 168 valence electrons. The maximum absolute atomic E-state index is 13.0. The molecule has 0 bridgehead atoms. The van der Waals surface area contributed by atoms with Gasteiger partial charge in [-0.2, -0.15) is 0 Å². The van der Waals surface area contributed by atoms with Crippen LogP contribution in [-0.4, -0.2) is 33.4 Å². The fourth-order valence-corrected chi connectivity index (χ4v) is 4.64. The number of benzene rings is 4. The van der Waals surface area contributed by atoms with Crippen LogP contribution in [0, 0.1) is 6.92 Å². The fraction of sp³-hybridized carbons (Fsp3) is 0.107. The number of hydrogen-bond donors (Lipinski definition) is 0. The average molecular weight is 466 g/mol. The van der Waals surface area contributed by atoms with Gasteiger partial charge < -0.3 is 4.74 Å². The minimum absolute atomic E-state index is 0.0527. The number of fused-ring (bicyclic) bond motifs is 1. The molecule has 0 amide bonds. The van der Waals surface area contributed by atoms with Crippen molar-refractivity contribution in [3.63, 3.8) is 0 Å². The van der Waals surface area contributed by atoms with Gasteiger partial charge in [-0.05, 0) is 48.0 Å². The Morgan fingerprint density at radius 2 is 1.62 bits per heavy atom. The molecule has 0 atom stereocenters. The summed E-state index contributed by atoms with van der Waals surface area (Å²) >= 11 is 1.39. The number of ketones is 1. The number of hydrogen-bond acceptors (Lipinski definition) is 5. The average Bonchev–Trinajstić information content (AvgIpc) is 3.31. The number of aryl methyl sites for hydroxylation is 1. The van der Waals surface area contributed by atoms with Crippen LogP contribution in [0.15, 0.2) is 96.2 Å². The second kappa shape index (κ2) is 9.53. The summed E-state index contributed by atoms with van der Waals surface area (Å²) in [5, 5.41) is 11.8. The molecule has 0 unspecified atom stereocenters. The smallest absolute Gasteiger partial charge is 0.196 e. The fourth-order valence-electron chi connectivity index (χ4n) is 3.79. The number of thioether (sulfide) groups is 1. The highest BCUT2D eigenvalue weighted by Crippen LogP contribution is 2.29. The lowest BCUT2D eigenvalue weighted by Crippen LogP contribution is -2.05. The Kier molecular flexibility index (Phi) is 6.14. The molecule has 0 saturated heterocycles. The quantitative estimate of drug-likeness (QED) is 0.206. The molecule has 5 rings (SSSR count). The van der Waals surface area contributed by atoms with E-state index in [1.54, 1.807) is 7.11 Å².